The predicted octanol–water partition coefficient (Wildman–Crippen LogP) is 0.0809. The molecule has 2 fully saturated rings. The third kappa shape index (κ3) is 4.53. The van der Waals surface area contributed by atoms with Gasteiger partial charge in [0.1, 0.15) is 0 Å². The first kappa shape index (κ1) is 17.3. The predicted molar refractivity (Wildman–Crippen MR) is 92.6 cm³/mol. The maximum Gasteiger partial charge on any atom is 0.236 e. The highest BCUT2D eigenvalue weighted by atomic mass is 16.3. The molecule has 2 aliphatic rings. The molecule has 0 radical (unpaired) electrons. The molecule has 0 spiro atoms. The van der Waals surface area contributed by atoms with Crippen molar-refractivity contribution in [2.24, 2.45) is 5.92 Å². The van der Waals surface area contributed by atoms with Gasteiger partial charge in [0, 0.05) is 44.5 Å². The summed E-state index contributed by atoms with van der Waals surface area (Å²) in [5.74, 6) is 0.266. The lowest BCUT2D eigenvalue weighted by molar-refractivity contribution is -0.131. The van der Waals surface area contributed by atoms with E-state index in [9.17, 15) is 9.90 Å². The van der Waals surface area contributed by atoms with E-state index in [0.29, 0.717) is 19.6 Å². The Morgan fingerprint density at radius 2 is 2.00 bits per heavy atom. The van der Waals surface area contributed by atoms with Crippen LogP contribution < -0.4 is 0 Å². The number of hydrogen-bond acceptors (Lipinski definition) is 5. The number of aliphatic hydroxyl groups is 1. The molecule has 0 bridgehead atoms. The molecule has 3 rings (SSSR count). The highest BCUT2D eigenvalue weighted by Crippen LogP contribution is 2.21. The standard InChI is InChI=1S/C18H28N4O2/c1-20-7-2-8-21(10-9-20)14-18(24)22-12-16(17(23)13-22)11-15-3-5-19-6-4-15/h3-6,16-17,23H,2,7-14H2,1H3/t16-,17+/m1/s1. The summed E-state index contributed by atoms with van der Waals surface area (Å²) in [7, 11) is 2.13. The molecule has 2 atom stereocenters. The van der Waals surface area contributed by atoms with Gasteiger partial charge in [-0.3, -0.25) is 14.7 Å². The lowest BCUT2D eigenvalue weighted by Crippen LogP contribution is -2.41. The van der Waals surface area contributed by atoms with Crippen molar-refractivity contribution in [1.29, 1.82) is 0 Å². The van der Waals surface area contributed by atoms with Crippen molar-refractivity contribution in [2.75, 3.05) is 52.9 Å². The van der Waals surface area contributed by atoms with E-state index in [4.69, 9.17) is 0 Å². The van der Waals surface area contributed by atoms with Gasteiger partial charge in [0.25, 0.3) is 0 Å². The van der Waals surface area contributed by atoms with Crippen molar-refractivity contribution in [1.82, 2.24) is 19.7 Å². The van der Waals surface area contributed by atoms with Crippen molar-refractivity contribution >= 4 is 5.91 Å². The quantitative estimate of drug-likeness (QED) is 0.846. The van der Waals surface area contributed by atoms with Crippen LogP contribution in [-0.4, -0.2) is 89.7 Å². The summed E-state index contributed by atoms with van der Waals surface area (Å²) in [6.07, 6.45) is 5.02. The van der Waals surface area contributed by atoms with Crippen molar-refractivity contribution < 1.29 is 9.90 Å². The lowest BCUT2D eigenvalue weighted by Gasteiger charge is -2.23. The molecule has 1 N–H and O–H groups in total. The lowest BCUT2D eigenvalue weighted by atomic mass is 9.97. The van der Waals surface area contributed by atoms with E-state index in [1.807, 2.05) is 17.0 Å². The van der Waals surface area contributed by atoms with Gasteiger partial charge in [0.2, 0.25) is 5.91 Å². The van der Waals surface area contributed by atoms with Crippen LogP contribution in [0.4, 0.5) is 0 Å². The van der Waals surface area contributed by atoms with E-state index in [1.54, 1.807) is 12.4 Å². The Morgan fingerprint density at radius 3 is 2.79 bits per heavy atom. The van der Waals surface area contributed by atoms with E-state index in [0.717, 1.165) is 39.0 Å². The zero-order chi connectivity index (χ0) is 16.9. The van der Waals surface area contributed by atoms with Gasteiger partial charge in [-0.25, -0.2) is 0 Å². The summed E-state index contributed by atoms with van der Waals surface area (Å²) < 4.78 is 0. The summed E-state index contributed by atoms with van der Waals surface area (Å²) in [6.45, 7) is 5.62. The Morgan fingerprint density at radius 1 is 1.21 bits per heavy atom. The van der Waals surface area contributed by atoms with Gasteiger partial charge < -0.3 is 14.9 Å². The summed E-state index contributed by atoms with van der Waals surface area (Å²) in [5.41, 5.74) is 1.17. The molecular weight excluding hydrogens is 304 g/mol. The Kier molecular flexibility index (Phi) is 5.81. The fourth-order valence-corrected chi connectivity index (χ4v) is 3.63. The van der Waals surface area contributed by atoms with Crippen molar-refractivity contribution in [3.63, 3.8) is 0 Å². The van der Waals surface area contributed by atoms with Gasteiger partial charge >= 0.3 is 0 Å². The van der Waals surface area contributed by atoms with Gasteiger partial charge in [-0.05, 0) is 50.7 Å². The number of β-amino-alcohol motifs (C(OH)–C–C–N with tert-alkyl or cyclic N) is 1. The first-order valence-corrected chi connectivity index (χ1v) is 8.87. The fourth-order valence-electron chi connectivity index (χ4n) is 3.63. The summed E-state index contributed by atoms with van der Waals surface area (Å²) >= 11 is 0. The Hall–Kier alpha value is -1.50. The second-order valence-electron chi connectivity index (χ2n) is 7.12. The van der Waals surface area contributed by atoms with Crippen LogP contribution >= 0.6 is 0 Å². The molecule has 1 aromatic rings. The molecule has 6 heteroatoms. The first-order chi connectivity index (χ1) is 11.6. The zero-order valence-electron chi connectivity index (χ0n) is 14.5. The molecule has 3 heterocycles. The van der Waals surface area contributed by atoms with Gasteiger partial charge in [-0.1, -0.05) is 0 Å². The molecular formula is C18H28N4O2. The molecule has 132 valence electrons. The van der Waals surface area contributed by atoms with Gasteiger partial charge in [0.15, 0.2) is 0 Å². The third-order valence-electron chi connectivity index (χ3n) is 5.18. The molecule has 0 aromatic carbocycles. The topological polar surface area (TPSA) is 59.9 Å². The third-order valence-corrected chi connectivity index (χ3v) is 5.18. The number of likely N-dealkylation sites (tertiary alicyclic amines) is 1. The van der Waals surface area contributed by atoms with Crippen molar-refractivity contribution in [3.05, 3.63) is 30.1 Å². The van der Waals surface area contributed by atoms with Crippen LogP contribution in [-0.2, 0) is 11.2 Å². The number of likely N-dealkylation sites (N-methyl/N-ethyl adjacent to an activating group) is 1. The minimum Gasteiger partial charge on any atom is -0.391 e. The number of amides is 1. The summed E-state index contributed by atoms with van der Waals surface area (Å²) in [5, 5.41) is 10.3. The van der Waals surface area contributed by atoms with E-state index >= 15 is 0 Å². The van der Waals surface area contributed by atoms with Crippen LogP contribution in [0.2, 0.25) is 0 Å². The normalized spacial score (nSPS) is 26.5. The average Bonchev–Trinajstić information content (AvgIpc) is 2.81. The van der Waals surface area contributed by atoms with Crippen molar-refractivity contribution in [2.45, 2.75) is 18.9 Å². The molecule has 24 heavy (non-hydrogen) atoms. The van der Waals surface area contributed by atoms with E-state index in [-0.39, 0.29) is 11.8 Å². The molecule has 1 aromatic heterocycles. The minimum atomic E-state index is -0.433. The van der Waals surface area contributed by atoms with Crippen LogP contribution in [0.25, 0.3) is 0 Å². The van der Waals surface area contributed by atoms with E-state index in [1.165, 1.54) is 5.56 Å². The Bertz CT molecular complexity index is 539. The highest BCUT2D eigenvalue weighted by Gasteiger charge is 2.34. The number of carbonyl (C=O) groups excluding carboxylic acids is 1. The Balaban J connectivity index is 1.51. The molecule has 0 saturated carbocycles. The molecule has 2 saturated heterocycles. The number of nitrogens with zero attached hydrogens (tertiary/aromatic N) is 4. The van der Waals surface area contributed by atoms with Crippen molar-refractivity contribution in [3.8, 4) is 0 Å². The summed E-state index contributed by atoms with van der Waals surface area (Å²) in [4.78, 5) is 23.0. The molecule has 2 aliphatic heterocycles. The van der Waals surface area contributed by atoms with Gasteiger partial charge in [-0.2, -0.15) is 0 Å². The number of aromatic nitrogens is 1. The Labute approximate surface area is 144 Å². The number of hydrogen-bond donors (Lipinski definition) is 1. The molecule has 1 amide bonds. The average molecular weight is 332 g/mol. The maximum absolute atomic E-state index is 12.6. The highest BCUT2D eigenvalue weighted by molar-refractivity contribution is 5.78. The van der Waals surface area contributed by atoms with Gasteiger partial charge in [0.05, 0.1) is 12.6 Å². The first-order valence-electron chi connectivity index (χ1n) is 8.87. The second-order valence-corrected chi connectivity index (χ2v) is 7.12. The number of rotatable bonds is 4. The van der Waals surface area contributed by atoms with Gasteiger partial charge in [-0.15, -0.1) is 0 Å². The van der Waals surface area contributed by atoms with Crippen LogP contribution in [0.15, 0.2) is 24.5 Å². The molecule has 0 unspecified atom stereocenters. The zero-order valence-corrected chi connectivity index (χ0v) is 14.5. The van der Waals surface area contributed by atoms with Crippen LogP contribution in [0.3, 0.4) is 0 Å². The van der Waals surface area contributed by atoms with Crippen LogP contribution in [0.5, 0.6) is 0 Å². The minimum absolute atomic E-state index is 0.117. The van der Waals surface area contributed by atoms with Crippen LogP contribution in [0.1, 0.15) is 12.0 Å². The monoisotopic (exact) mass is 332 g/mol. The summed E-state index contributed by atoms with van der Waals surface area (Å²) in [6, 6.07) is 3.95. The number of pyridine rings is 1. The maximum atomic E-state index is 12.6. The molecule has 6 nitrogen and oxygen atoms in total. The van der Waals surface area contributed by atoms with E-state index in [2.05, 4.69) is 21.8 Å². The second kappa shape index (κ2) is 8.05. The molecule has 0 aliphatic carbocycles. The largest absolute Gasteiger partial charge is 0.391 e. The SMILES string of the molecule is CN1CCCN(CC(=O)N2C[C@@H](Cc3ccncc3)[C@@H](O)C2)CC1. The number of aliphatic hydroxyl groups excluding tert-OH is 1. The smallest absolute Gasteiger partial charge is 0.236 e. The van der Waals surface area contributed by atoms with E-state index < -0.39 is 6.10 Å². The van der Waals surface area contributed by atoms with Crippen LogP contribution in [0, 0.1) is 5.92 Å². The number of carbonyl (C=O) groups is 1. The fraction of sp³-hybridized carbons (Fsp3) is 0.667.